The van der Waals surface area contributed by atoms with Gasteiger partial charge >= 0.3 is 6.09 Å². The van der Waals surface area contributed by atoms with Crippen molar-refractivity contribution in [3.63, 3.8) is 0 Å². The maximum Gasteiger partial charge on any atom is 0.407 e. The van der Waals surface area contributed by atoms with Crippen molar-refractivity contribution >= 4 is 23.3 Å². The fourth-order valence-corrected chi connectivity index (χ4v) is 2.48. The number of amides is 1. The second kappa shape index (κ2) is 7.51. The highest BCUT2D eigenvalue weighted by molar-refractivity contribution is 5.81. The first-order valence-electron chi connectivity index (χ1n) is 8.34. The van der Waals surface area contributed by atoms with Crippen LogP contribution >= 0.6 is 0 Å². The summed E-state index contributed by atoms with van der Waals surface area (Å²) in [6, 6.07) is 3.96. The van der Waals surface area contributed by atoms with E-state index in [2.05, 4.69) is 16.9 Å². The summed E-state index contributed by atoms with van der Waals surface area (Å²) in [6.45, 7) is 12.0. The van der Waals surface area contributed by atoms with Gasteiger partial charge in [-0.25, -0.2) is 9.78 Å². The zero-order valence-corrected chi connectivity index (χ0v) is 14.9. The minimum Gasteiger partial charge on any atom is -0.444 e. The molecule has 0 saturated carbocycles. The molecule has 2 rings (SSSR count). The number of oxazole rings is 1. The molecule has 0 spiro atoms. The number of rotatable bonds is 6. The number of alkyl carbamates (subject to hydrolysis) is 1. The van der Waals surface area contributed by atoms with E-state index < -0.39 is 11.7 Å². The molecule has 0 aliphatic rings. The van der Waals surface area contributed by atoms with E-state index >= 15 is 0 Å². The summed E-state index contributed by atoms with van der Waals surface area (Å²) in [5.41, 5.74) is 3.33. The third kappa shape index (κ3) is 4.60. The third-order valence-corrected chi connectivity index (χ3v) is 3.54. The summed E-state index contributed by atoms with van der Waals surface area (Å²) >= 11 is 0. The van der Waals surface area contributed by atoms with Gasteiger partial charge in [-0.1, -0.05) is 25.6 Å². The number of hydrogen-bond acceptors (Lipinski definition) is 4. The van der Waals surface area contributed by atoms with E-state index in [-0.39, 0.29) is 0 Å². The lowest BCUT2D eigenvalue weighted by Crippen LogP contribution is -2.33. The summed E-state index contributed by atoms with van der Waals surface area (Å²) in [5.74, 6) is 0.736. The Morgan fingerprint density at radius 2 is 2.17 bits per heavy atom. The van der Waals surface area contributed by atoms with E-state index in [0.717, 1.165) is 47.4 Å². The fraction of sp³-hybridized carbons (Fsp3) is 0.474. The highest BCUT2D eigenvalue weighted by Crippen LogP contribution is 2.26. The number of hydrogen-bond donors (Lipinski definition) is 1. The van der Waals surface area contributed by atoms with Gasteiger partial charge in [0.05, 0.1) is 0 Å². The molecule has 2 aromatic rings. The molecular formula is C19H26N2O3. The number of aryl methyl sites for hydroxylation is 2. The van der Waals surface area contributed by atoms with Gasteiger partial charge in [0, 0.05) is 18.5 Å². The average molecular weight is 330 g/mol. The molecule has 1 N–H and O–H groups in total. The van der Waals surface area contributed by atoms with Gasteiger partial charge in [-0.15, -0.1) is 0 Å². The van der Waals surface area contributed by atoms with Crippen molar-refractivity contribution in [3.8, 4) is 0 Å². The molecule has 0 saturated heterocycles. The molecule has 130 valence electrons. The molecule has 24 heavy (non-hydrogen) atoms. The predicted molar refractivity (Wildman–Crippen MR) is 96.0 cm³/mol. The SMILES string of the molecule is C=Cc1ccc2nc(CC)oc2c1CCCNC(=O)OC(C)(C)C. The van der Waals surface area contributed by atoms with E-state index in [9.17, 15) is 4.79 Å². The summed E-state index contributed by atoms with van der Waals surface area (Å²) in [5, 5.41) is 2.78. The number of nitrogens with zero attached hydrogens (tertiary/aromatic N) is 1. The summed E-state index contributed by atoms with van der Waals surface area (Å²) in [4.78, 5) is 16.1. The smallest absolute Gasteiger partial charge is 0.407 e. The van der Waals surface area contributed by atoms with Gasteiger partial charge in [0.2, 0.25) is 0 Å². The molecule has 1 amide bonds. The molecule has 0 aliphatic carbocycles. The second-order valence-electron chi connectivity index (χ2n) is 6.68. The van der Waals surface area contributed by atoms with Crippen LogP contribution in [0.25, 0.3) is 17.2 Å². The maximum atomic E-state index is 11.7. The van der Waals surface area contributed by atoms with Gasteiger partial charge in [-0.05, 0) is 45.2 Å². The van der Waals surface area contributed by atoms with Gasteiger partial charge in [-0.2, -0.15) is 0 Å². The van der Waals surface area contributed by atoms with E-state index in [0.29, 0.717) is 6.54 Å². The molecule has 0 bridgehead atoms. The standard InChI is InChI=1S/C19H26N2O3/c1-6-13-10-11-15-17(23-16(7-2)21-15)14(13)9-8-12-20-18(22)24-19(3,4)5/h6,10-11H,1,7-9,12H2,2-5H3,(H,20,22). The minimum atomic E-state index is -0.484. The number of carbonyl (C=O) groups is 1. The quantitative estimate of drug-likeness (QED) is 0.793. The largest absolute Gasteiger partial charge is 0.444 e. The van der Waals surface area contributed by atoms with E-state index in [1.54, 1.807) is 0 Å². The van der Waals surface area contributed by atoms with Crippen molar-refractivity contribution < 1.29 is 13.9 Å². The predicted octanol–water partition coefficient (Wildman–Crippen LogP) is 4.49. The van der Waals surface area contributed by atoms with Crippen molar-refractivity contribution in [1.82, 2.24) is 10.3 Å². The molecule has 5 heteroatoms. The summed E-state index contributed by atoms with van der Waals surface area (Å²) in [7, 11) is 0. The average Bonchev–Trinajstić information content (AvgIpc) is 2.93. The molecule has 0 atom stereocenters. The number of carbonyl (C=O) groups excluding carboxylic acids is 1. The van der Waals surface area contributed by atoms with Crippen LogP contribution in [0.4, 0.5) is 4.79 Å². The first-order chi connectivity index (χ1) is 11.3. The number of benzene rings is 1. The van der Waals surface area contributed by atoms with Crippen molar-refractivity contribution in [1.29, 1.82) is 0 Å². The third-order valence-electron chi connectivity index (χ3n) is 3.54. The molecule has 0 fully saturated rings. The Bertz CT molecular complexity index is 726. The Balaban J connectivity index is 2.02. The normalized spacial score (nSPS) is 11.5. The van der Waals surface area contributed by atoms with Gasteiger partial charge < -0.3 is 14.5 Å². The molecule has 1 aromatic heterocycles. The lowest BCUT2D eigenvalue weighted by molar-refractivity contribution is 0.0527. The van der Waals surface area contributed by atoms with Crippen LogP contribution in [0.1, 0.15) is 51.1 Å². The molecule has 1 aromatic carbocycles. The van der Waals surface area contributed by atoms with Gasteiger partial charge in [0.1, 0.15) is 11.1 Å². The molecular weight excluding hydrogens is 304 g/mol. The van der Waals surface area contributed by atoms with Crippen molar-refractivity contribution in [2.24, 2.45) is 0 Å². The van der Waals surface area contributed by atoms with Crippen LogP contribution in [0, 0.1) is 0 Å². The van der Waals surface area contributed by atoms with Gasteiger partial charge in [-0.3, -0.25) is 0 Å². The molecule has 0 aliphatic heterocycles. The number of aromatic nitrogens is 1. The maximum absolute atomic E-state index is 11.7. The summed E-state index contributed by atoms with van der Waals surface area (Å²) in [6.07, 6.45) is 3.74. The Kier molecular flexibility index (Phi) is 5.65. The first-order valence-corrected chi connectivity index (χ1v) is 8.34. The fourth-order valence-electron chi connectivity index (χ4n) is 2.48. The van der Waals surface area contributed by atoms with Crippen LogP contribution in [-0.4, -0.2) is 23.2 Å². The Hall–Kier alpha value is -2.30. The van der Waals surface area contributed by atoms with Crippen molar-refractivity contribution in [2.75, 3.05) is 6.54 Å². The van der Waals surface area contributed by atoms with Crippen LogP contribution in [0.2, 0.25) is 0 Å². The molecule has 1 heterocycles. The van der Waals surface area contributed by atoms with Gasteiger partial charge in [0.15, 0.2) is 11.5 Å². The van der Waals surface area contributed by atoms with Crippen LogP contribution in [0.5, 0.6) is 0 Å². The molecule has 0 radical (unpaired) electrons. The lowest BCUT2D eigenvalue weighted by Gasteiger charge is -2.19. The molecule has 5 nitrogen and oxygen atoms in total. The monoisotopic (exact) mass is 330 g/mol. The Morgan fingerprint density at radius 3 is 2.79 bits per heavy atom. The van der Waals surface area contributed by atoms with Crippen LogP contribution in [0.3, 0.4) is 0 Å². The lowest BCUT2D eigenvalue weighted by atomic mass is 10.0. The Labute approximate surface area is 143 Å². The number of fused-ring (bicyclic) bond motifs is 1. The first kappa shape index (κ1) is 18.0. The highest BCUT2D eigenvalue weighted by Gasteiger charge is 2.16. The zero-order chi connectivity index (χ0) is 17.7. The van der Waals surface area contributed by atoms with Crippen molar-refractivity contribution in [2.45, 2.75) is 52.6 Å². The second-order valence-corrected chi connectivity index (χ2v) is 6.68. The molecule has 0 unspecified atom stereocenters. The van der Waals surface area contributed by atoms with E-state index in [1.807, 2.05) is 45.9 Å². The highest BCUT2D eigenvalue weighted by atomic mass is 16.6. The van der Waals surface area contributed by atoms with Gasteiger partial charge in [0.25, 0.3) is 0 Å². The van der Waals surface area contributed by atoms with Crippen LogP contribution < -0.4 is 5.32 Å². The number of nitrogens with one attached hydrogen (secondary N) is 1. The summed E-state index contributed by atoms with van der Waals surface area (Å²) < 4.78 is 11.1. The topological polar surface area (TPSA) is 64.4 Å². The van der Waals surface area contributed by atoms with Crippen LogP contribution in [0.15, 0.2) is 23.1 Å². The van der Waals surface area contributed by atoms with E-state index in [1.165, 1.54) is 0 Å². The Morgan fingerprint density at radius 1 is 1.42 bits per heavy atom. The zero-order valence-electron chi connectivity index (χ0n) is 14.9. The van der Waals surface area contributed by atoms with Crippen LogP contribution in [-0.2, 0) is 17.6 Å². The van der Waals surface area contributed by atoms with Crippen molar-refractivity contribution in [3.05, 3.63) is 35.7 Å². The van der Waals surface area contributed by atoms with E-state index in [4.69, 9.17) is 9.15 Å². The number of ether oxygens (including phenoxy) is 1. The minimum absolute atomic E-state index is 0.391.